The zero-order valence-corrected chi connectivity index (χ0v) is 15.6. The largest absolute Gasteiger partial charge is 0.444 e. The summed E-state index contributed by atoms with van der Waals surface area (Å²) >= 11 is 0. The topological polar surface area (TPSA) is 49.9 Å². The van der Waals surface area contributed by atoms with Crippen LogP contribution in [0.5, 0.6) is 0 Å². The first-order valence-corrected chi connectivity index (χ1v) is 8.74. The SMILES string of the molecule is CN(C(=O)/C=C/c1ccccc1)C1CCN(C(=O)OC(C)(C)C)CC1. The molecule has 1 aliphatic heterocycles. The molecular formula is C20H28N2O3. The molecule has 0 N–H and O–H groups in total. The third kappa shape index (κ3) is 5.93. The highest BCUT2D eigenvalue weighted by Crippen LogP contribution is 2.18. The summed E-state index contributed by atoms with van der Waals surface area (Å²) in [7, 11) is 1.82. The second-order valence-electron chi connectivity index (χ2n) is 7.39. The van der Waals surface area contributed by atoms with Crippen molar-refractivity contribution in [1.82, 2.24) is 9.80 Å². The Morgan fingerprint density at radius 3 is 2.32 bits per heavy atom. The standard InChI is InChI=1S/C20H28N2O3/c1-20(2,3)25-19(24)22-14-12-17(13-15-22)21(4)18(23)11-10-16-8-6-5-7-9-16/h5-11,17H,12-15H2,1-4H3/b11-10+. The summed E-state index contributed by atoms with van der Waals surface area (Å²) in [6.45, 7) is 6.81. The average molecular weight is 344 g/mol. The number of likely N-dealkylation sites (N-methyl/N-ethyl adjacent to an activating group) is 1. The fraction of sp³-hybridized carbons (Fsp3) is 0.500. The summed E-state index contributed by atoms with van der Waals surface area (Å²) in [4.78, 5) is 27.9. The summed E-state index contributed by atoms with van der Waals surface area (Å²) in [6, 6.07) is 9.91. The molecule has 1 saturated heterocycles. The predicted molar refractivity (Wildman–Crippen MR) is 99.1 cm³/mol. The molecule has 1 aromatic rings. The van der Waals surface area contributed by atoms with Crippen LogP contribution in [0.4, 0.5) is 4.79 Å². The summed E-state index contributed by atoms with van der Waals surface area (Å²) in [5, 5.41) is 0. The van der Waals surface area contributed by atoms with Gasteiger partial charge in [-0.2, -0.15) is 0 Å². The summed E-state index contributed by atoms with van der Waals surface area (Å²) in [5.41, 5.74) is 0.520. The summed E-state index contributed by atoms with van der Waals surface area (Å²) in [6.07, 6.45) is 4.69. The fourth-order valence-electron chi connectivity index (χ4n) is 2.79. The highest BCUT2D eigenvalue weighted by Gasteiger charge is 2.29. The highest BCUT2D eigenvalue weighted by molar-refractivity contribution is 5.91. The molecule has 0 saturated carbocycles. The van der Waals surface area contributed by atoms with Gasteiger partial charge >= 0.3 is 6.09 Å². The van der Waals surface area contributed by atoms with Crippen molar-refractivity contribution in [3.05, 3.63) is 42.0 Å². The minimum Gasteiger partial charge on any atom is -0.444 e. The molecule has 0 unspecified atom stereocenters. The minimum absolute atomic E-state index is 0.0143. The van der Waals surface area contributed by atoms with E-state index in [4.69, 9.17) is 4.74 Å². The van der Waals surface area contributed by atoms with Crippen LogP contribution in [0.2, 0.25) is 0 Å². The van der Waals surface area contributed by atoms with Crippen LogP contribution >= 0.6 is 0 Å². The van der Waals surface area contributed by atoms with Crippen LogP contribution in [0.1, 0.15) is 39.2 Å². The number of piperidine rings is 1. The molecular weight excluding hydrogens is 316 g/mol. The van der Waals surface area contributed by atoms with Gasteiger partial charge in [-0.25, -0.2) is 4.79 Å². The maximum absolute atomic E-state index is 12.4. The first-order valence-electron chi connectivity index (χ1n) is 8.74. The zero-order valence-electron chi connectivity index (χ0n) is 15.6. The van der Waals surface area contributed by atoms with Gasteiger partial charge in [0, 0.05) is 32.3 Å². The molecule has 2 rings (SSSR count). The Hall–Kier alpha value is -2.30. The molecule has 136 valence electrons. The summed E-state index contributed by atoms with van der Waals surface area (Å²) < 4.78 is 5.40. The van der Waals surface area contributed by atoms with Crippen LogP contribution in [0, 0.1) is 0 Å². The first kappa shape index (κ1) is 19.0. The fourth-order valence-corrected chi connectivity index (χ4v) is 2.79. The van der Waals surface area contributed by atoms with E-state index < -0.39 is 5.60 Å². The maximum Gasteiger partial charge on any atom is 0.410 e. The molecule has 0 atom stereocenters. The highest BCUT2D eigenvalue weighted by atomic mass is 16.6. The van der Waals surface area contributed by atoms with E-state index in [0.717, 1.165) is 18.4 Å². The second-order valence-corrected chi connectivity index (χ2v) is 7.39. The molecule has 1 fully saturated rings. The molecule has 2 amide bonds. The van der Waals surface area contributed by atoms with Crippen LogP contribution in [0.3, 0.4) is 0 Å². The lowest BCUT2D eigenvalue weighted by atomic mass is 10.0. The van der Waals surface area contributed by atoms with Gasteiger partial charge in [0.25, 0.3) is 0 Å². The van der Waals surface area contributed by atoms with E-state index in [1.54, 1.807) is 15.9 Å². The first-order chi connectivity index (χ1) is 11.8. The number of amides is 2. The van der Waals surface area contributed by atoms with Crippen LogP contribution in [-0.4, -0.2) is 53.6 Å². The van der Waals surface area contributed by atoms with Crippen molar-refractivity contribution in [3.63, 3.8) is 0 Å². The molecule has 1 aliphatic rings. The lowest BCUT2D eigenvalue weighted by molar-refractivity contribution is -0.127. The van der Waals surface area contributed by atoms with Crippen molar-refractivity contribution in [1.29, 1.82) is 0 Å². The Bertz CT molecular complexity index is 612. The van der Waals surface area contributed by atoms with Crippen LogP contribution < -0.4 is 0 Å². The number of ether oxygens (including phenoxy) is 1. The number of benzene rings is 1. The van der Waals surface area contributed by atoms with E-state index in [0.29, 0.717) is 13.1 Å². The van der Waals surface area contributed by atoms with Crippen molar-refractivity contribution in [2.45, 2.75) is 45.3 Å². The smallest absolute Gasteiger partial charge is 0.410 e. The number of carbonyl (C=O) groups excluding carboxylic acids is 2. The van der Waals surface area contributed by atoms with Crippen molar-refractivity contribution in [2.75, 3.05) is 20.1 Å². The van der Waals surface area contributed by atoms with Gasteiger partial charge in [-0.15, -0.1) is 0 Å². The number of rotatable bonds is 3. The van der Waals surface area contributed by atoms with Gasteiger partial charge in [0.05, 0.1) is 0 Å². The predicted octanol–water partition coefficient (Wildman–Crippen LogP) is 3.56. The minimum atomic E-state index is -0.483. The molecule has 0 bridgehead atoms. The number of likely N-dealkylation sites (tertiary alicyclic amines) is 1. The van der Waals surface area contributed by atoms with Gasteiger partial charge in [-0.3, -0.25) is 4.79 Å². The lowest BCUT2D eigenvalue weighted by Crippen LogP contribution is -2.48. The summed E-state index contributed by atoms with van der Waals surface area (Å²) in [5.74, 6) is -0.0143. The molecule has 5 heteroatoms. The molecule has 1 heterocycles. The molecule has 5 nitrogen and oxygen atoms in total. The van der Waals surface area contributed by atoms with E-state index >= 15 is 0 Å². The third-order valence-corrected chi connectivity index (χ3v) is 4.23. The maximum atomic E-state index is 12.4. The van der Waals surface area contributed by atoms with Gasteiger partial charge in [0.2, 0.25) is 5.91 Å². The number of hydrogen-bond donors (Lipinski definition) is 0. The number of hydrogen-bond acceptors (Lipinski definition) is 3. The molecule has 0 radical (unpaired) electrons. The van der Waals surface area contributed by atoms with E-state index in [2.05, 4.69) is 0 Å². The van der Waals surface area contributed by atoms with E-state index in [1.165, 1.54) is 0 Å². The molecule has 25 heavy (non-hydrogen) atoms. The van der Waals surface area contributed by atoms with Crippen LogP contribution in [0.25, 0.3) is 6.08 Å². The van der Waals surface area contributed by atoms with E-state index in [1.807, 2.05) is 64.2 Å². The molecule has 1 aromatic carbocycles. The van der Waals surface area contributed by atoms with Crippen molar-refractivity contribution >= 4 is 18.1 Å². The lowest BCUT2D eigenvalue weighted by Gasteiger charge is -2.37. The van der Waals surface area contributed by atoms with Gasteiger partial charge in [-0.1, -0.05) is 30.3 Å². The Balaban J connectivity index is 1.84. The molecule has 0 aliphatic carbocycles. The van der Waals surface area contributed by atoms with Crippen LogP contribution in [0.15, 0.2) is 36.4 Å². The van der Waals surface area contributed by atoms with Gasteiger partial charge in [0.1, 0.15) is 5.60 Å². The van der Waals surface area contributed by atoms with Crippen LogP contribution in [-0.2, 0) is 9.53 Å². The monoisotopic (exact) mass is 344 g/mol. The molecule has 0 aromatic heterocycles. The third-order valence-electron chi connectivity index (χ3n) is 4.23. The second kappa shape index (κ2) is 8.19. The Morgan fingerprint density at radius 1 is 1.16 bits per heavy atom. The van der Waals surface area contributed by atoms with Gasteiger partial charge < -0.3 is 14.5 Å². The Labute approximate surface area is 150 Å². The van der Waals surface area contributed by atoms with Gasteiger partial charge in [-0.05, 0) is 45.3 Å². The normalized spacial score (nSPS) is 16.1. The molecule has 0 spiro atoms. The van der Waals surface area contributed by atoms with E-state index in [-0.39, 0.29) is 18.0 Å². The number of nitrogens with zero attached hydrogens (tertiary/aromatic N) is 2. The zero-order chi connectivity index (χ0) is 18.4. The van der Waals surface area contributed by atoms with Crippen molar-refractivity contribution in [3.8, 4) is 0 Å². The number of carbonyl (C=O) groups is 2. The average Bonchev–Trinajstić information content (AvgIpc) is 2.58. The Kier molecular flexibility index (Phi) is 6.23. The van der Waals surface area contributed by atoms with E-state index in [9.17, 15) is 9.59 Å². The van der Waals surface area contributed by atoms with Crippen molar-refractivity contribution in [2.24, 2.45) is 0 Å². The quantitative estimate of drug-likeness (QED) is 0.788. The Morgan fingerprint density at radius 2 is 1.76 bits per heavy atom. The van der Waals surface area contributed by atoms with Crippen molar-refractivity contribution < 1.29 is 14.3 Å². The van der Waals surface area contributed by atoms with Gasteiger partial charge in [0.15, 0.2) is 0 Å².